The molecule has 0 bridgehead atoms. The van der Waals surface area contributed by atoms with E-state index < -0.39 is 52.6 Å². The molecular formula is C32H31F3O7SSi. The maximum absolute atomic E-state index is 13.6. The topological polar surface area (TPSA) is 96.0 Å². The molecule has 12 heteroatoms. The monoisotopic (exact) mass is 644 g/mol. The SMILES string of the molecule is Cc1ccc2c(c1)[Si]1(CCCCC1)c1cc(OS(=O)(=O)C(F)(F)F)ccc1C21OC(=O)c2cc(C(=O)OC(C)(C)C)ccc21. The summed E-state index contributed by atoms with van der Waals surface area (Å²) in [7, 11) is -8.62. The lowest BCUT2D eigenvalue weighted by Crippen LogP contribution is -2.67. The number of benzene rings is 3. The number of ether oxygens (including phenoxy) is 2. The van der Waals surface area contributed by atoms with E-state index in [-0.39, 0.29) is 11.1 Å². The molecule has 0 radical (unpaired) electrons. The molecule has 0 amide bonds. The molecule has 1 fully saturated rings. The van der Waals surface area contributed by atoms with Crippen molar-refractivity contribution in [1.29, 1.82) is 0 Å². The zero-order valence-corrected chi connectivity index (χ0v) is 26.4. The van der Waals surface area contributed by atoms with Crippen molar-refractivity contribution in [3.05, 3.63) is 88.0 Å². The molecule has 0 aliphatic carbocycles. The first-order valence-electron chi connectivity index (χ1n) is 14.4. The minimum absolute atomic E-state index is 0.173. The number of rotatable bonds is 3. The van der Waals surface area contributed by atoms with Gasteiger partial charge in [-0.15, -0.1) is 0 Å². The number of aryl methyl sites for hydroxylation is 1. The summed E-state index contributed by atoms with van der Waals surface area (Å²) in [6, 6.07) is 16.3. The largest absolute Gasteiger partial charge is 0.534 e. The van der Waals surface area contributed by atoms with Crippen LogP contribution in [-0.4, -0.2) is 39.5 Å². The first-order valence-corrected chi connectivity index (χ1v) is 18.2. The standard InChI is InChI=1S/C32H31F3O7SSi/c1-19-8-11-24-26(16-19)44(14-6-5-7-15-44)27-18-21(42-43(38,39)32(33,34)35)10-13-25(27)31(24)23-12-9-20(17-22(23)29(37)41-31)28(36)40-30(2,3)4/h8-13,16-18H,5-7,14-15H2,1-4H3. The molecule has 3 heterocycles. The number of halogens is 3. The molecule has 1 unspecified atom stereocenters. The van der Waals surface area contributed by atoms with Gasteiger partial charge in [0.1, 0.15) is 19.4 Å². The van der Waals surface area contributed by atoms with E-state index >= 15 is 0 Å². The Labute approximate surface area is 254 Å². The fourth-order valence-corrected chi connectivity index (χ4v) is 13.2. The number of esters is 2. The van der Waals surface area contributed by atoms with Crippen molar-refractivity contribution in [3.63, 3.8) is 0 Å². The van der Waals surface area contributed by atoms with Crippen molar-refractivity contribution < 1.29 is 44.8 Å². The van der Waals surface area contributed by atoms with Crippen LogP contribution in [0.2, 0.25) is 12.1 Å². The smallest absolute Gasteiger partial charge is 0.456 e. The van der Waals surface area contributed by atoms with Gasteiger partial charge in [0.2, 0.25) is 0 Å². The second kappa shape index (κ2) is 9.93. The summed E-state index contributed by atoms with van der Waals surface area (Å²) < 4.78 is 80.2. The van der Waals surface area contributed by atoms with Crippen LogP contribution in [0.3, 0.4) is 0 Å². The maximum Gasteiger partial charge on any atom is 0.534 e. The molecule has 0 aromatic heterocycles. The van der Waals surface area contributed by atoms with Gasteiger partial charge in [0.05, 0.1) is 11.1 Å². The van der Waals surface area contributed by atoms with Crippen molar-refractivity contribution in [1.82, 2.24) is 0 Å². The van der Waals surface area contributed by atoms with Crippen LogP contribution in [0.4, 0.5) is 13.2 Å². The van der Waals surface area contributed by atoms with Gasteiger partial charge in [0, 0.05) is 16.7 Å². The second-order valence-corrected chi connectivity index (χ2v) is 18.5. The van der Waals surface area contributed by atoms with E-state index in [2.05, 4.69) is 10.2 Å². The Balaban J connectivity index is 1.61. The summed E-state index contributed by atoms with van der Waals surface area (Å²) >= 11 is 0. The summed E-state index contributed by atoms with van der Waals surface area (Å²) in [6.45, 7) is 7.16. The molecule has 6 rings (SSSR count). The van der Waals surface area contributed by atoms with E-state index in [0.29, 0.717) is 16.3 Å². The normalized spacial score (nSPS) is 20.5. The molecule has 3 aliphatic heterocycles. The van der Waals surface area contributed by atoms with Crippen LogP contribution < -0.4 is 14.6 Å². The van der Waals surface area contributed by atoms with Crippen LogP contribution in [0.5, 0.6) is 5.75 Å². The first-order chi connectivity index (χ1) is 20.5. The van der Waals surface area contributed by atoms with E-state index in [0.717, 1.165) is 47.7 Å². The summed E-state index contributed by atoms with van der Waals surface area (Å²) in [4.78, 5) is 26.5. The third kappa shape index (κ3) is 4.64. The third-order valence-corrected chi connectivity index (χ3v) is 14.9. The zero-order valence-electron chi connectivity index (χ0n) is 24.6. The van der Waals surface area contributed by atoms with Crippen LogP contribution in [0.25, 0.3) is 0 Å². The van der Waals surface area contributed by atoms with E-state index in [1.54, 1.807) is 32.9 Å². The van der Waals surface area contributed by atoms with Crippen molar-refractivity contribution in [2.24, 2.45) is 0 Å². The Kier molecular flexibility index (Phi) is 6.86. The highest BCUT2D eigenvalue weighted by Crippen LogP contribution is 2.51. The van der Waals surface area contributed by atoms with Gasteiger partial charge in [-0.3, -0.25) is 0 Å². The third-order valence-electron chi connectivity index (χ3n) is 8.65. The van der Waals surface area contributed by atoms with Crippen LogP contribution >= 0.6 is 0 Å². The van der Waals surface area contributed by atoms with Crippen LogP contribution in [0, 0.1) is 6.92 Å². The lowest BCUT2D eigenvalue weighted by molar-refractivity contribution is -0.0500. The Morgan fingerprint density at radius 2 is 1.50 bits per heavy atom. The molecule has 1 atom stereocenters. The quantitative estimate of drug-likeness (QED) is 0.156. The molecule has 3 aromatic carbocycles. The van der Waals surface area contributed by atoms with Gasteiger partial charge in [-0.25, -0.2) is 9.59 Å². The number of fused-ring (bicyclic) bond motifs is 8. The molecule has 3 aromatic rings. The molecule has 44 heavy (non-hydrogen) atoms. The highest BCUT2D eigenvalue weighted by Gasteiger charge is 2.59. The predicted octanol–water partition coefficient (Wildman–Crippen LogP) is 5.70. The van der Waals surface area contributed by atoms with Gasteiger partial charge in [-0.05, 0) is 74.4 Å². The van der Waals surface area contributed by atoms with Gasteiger partial charge in [0.15, 0.2) is 5.60 Å². The fourth-order valence-electron chi connectivity index (χ4n) is 6.93. The number of hydrogen-bond donors (Lipinski definition) is 0. The van der Waals surface area contributed by atoms with Gasteiger partial charge in [0.25, 0.3) is 0 Å². The van der Waals surface area contributed by atoms with Crippen LogP contribution in [-0.2, 0) is 25.2 Å². The molecule has 0 saturated carbocycles. The summed E-state index contributed by atoms with van der Waals surface area (Å²) in [5.41, 5.74) is -4.68. The highest BCUT2D eigenvalue weighted by molar-refractivity contribution is 7.88. The van der Waals surface area contributed by atoms with Crippen molar-refractivity contribution in [2.45, 2.75) is 75.8 Å². The van der Waals surface area contributed by atoms with E-state index in [1.165, 1.54) is 24.3 Å². The number of carbonyl (C=O) groups excluding carboxylic acids is 2. The number of carbonyl (C=O) groups is 2. The van der Waals surface area contributed by atoms with Crippen LogP contribution in [0.15, 0.2) is 54.6 Å². The fraction of sp³-hybridized carbons (Fsp3) is 0.375. The molecule has 3 aliphatic rings. The molecule has 1 saturated heterocycles. The van der Waals surface area contributed by atoms with Crippen molar-refractivity contribution in [2.75, 3.05) is 0 Å². The van der Waals surface area contributed by atoms with Crippen LogP contribution in [0.1, 0.15) is 83.0 Å². The highest BCUT2D eigenvalue weighted by atomic mass is 32.2. The Hall–Kier alpha value is -3.64. The van der Waals surface area contributed by atoms with Crippen molar-refractivity contribution >= 4 is 40.5 Å². The van der Waals surface area contributed by atoms with Crippen molar-refractivity contribution in [3.8, 4) is 5.75 Å². The zero-order chi connectivity index (χ0) is 31.9. The molecular weight excluding hydrogens is 613 g/mol. The lowest BCUT2D eigenvalue weighted by Gasteiger charge is -2.48. The molecule has 0 N–H and O–H groups in total. The summed E-state index contributed by atoms with van der Waals surface area (Å²) in [6.07, 6.45) is 2.79. The number of hydrogen-bond acceptors (Lipinski definition) is 7. The Morgan fingerprint density at radius 3 is 2.14 bits per heavy atom. The Bertz CT molecular complexity index is 1820. The van der Waals surface area contributed by atoms with Gasteiger partial charge < -0.3 is 13.7 Å². The average molecular weight is 645 g/mol. The number of alkyl halides is 3. The van der Waals surface area contributed by atoms with Gasteiger partial charge in [-0.2, -0.15) is 21.6 Å². The minimum Gasteiger partial charge on any atom is -0.456 e. The molecule has 2 spiro atoms. The first kappa shape index (κ1) is 30.4. The molecule has 232 valence electrons. The van der Waals surface area contributed by atoms with E-state index in [1.807, 2.05) is 19.1 Å². The molecule has 7 nitrogen and oxygen atoms in total. The second-order valence-electron chi connectivity index (χ2n) is 12.7. The average Bonchev–Trinajstić information content (AvgIpc) is 3.23. The maximum atomic E-state index is 13.6. The summed E-state index contributed by atoms with van der Waals surface area (Å²) in [5, 5.41) is 1.68. The van der Waals surface area contributed by atoms with Gasteiger partial charge >= 0.3 is 27.6 Å². The minimum atomic E-state index is -5.91. The van der Waals surface area contributed by atoms with E-state index in [9.17, 15) is 31.2 Å². The summed E-state index contributed by atoms with van der Waals surface area (Å²) in [5.74, 6) is -1.71. The lowest BCUT2D eigenvalue weighted by atomic mass is 9.78. The van der Waals surface area contributed by atoms with E-state index in [4.69, 9.17) is 9.47 Å². The predicted molar refractivity (Wildman–Crippen MR) is 159 cm³/mol. The van der Waals surface area contributed by atoms with Gasteiger partial charge in [-0.1, -0.05) is 55.2 Å². The Morgan fingerprint density at radius 1 is 0.886 bits per heavy atom.